The molecule has 36 heavy (non-hydrogen) atoms. The summed E-state index contributed by atoms with van der Waals surface area (Å²) in [5.74, 6) is -0.499. The van der Waals surface area contributed by atoms with Gasteiger partial charge >= 0.3 is 6.18 Å². The van der Waals surface area contributed by atoms with Crippen LogP contribution in [0.2, 0.25) is 0 Å². The predicted octanol–water partition coefficient (Wildman–Crippen LogP) is 4.81. The summed E-state index contributed by atoms with van der Waals surface area (Å²) in [6.45, 7) is 4.24. The Morgan fingerprint density at radius 1 is 1.11 bits per heavy atom. The minimum atomic E-state index is -4.54. The lowest BCUT2D eigenvalue weighted by atomic mass is 10.0. The maximum Gasteiger partial charge on any atom is 0.416 e. The average molecular weight is 496 g/mol. The molecule has 0 saturated carbocycles. The number of aromatic nitrogens is 3. The highest BCUT2D eigenvalue weighted by Gasteiger charge is 2.34. The molecule has 0 radical (unpaired) electrons. The zero-order chi connectivity index (χ0) is 25.3. The molecule has 1 saturated heterocycles. The topological polar surface area (TPSA) is 71.8 Å². The van der Waals surface area contributed by atoms with Gasteiger partial charge in [0, 0.05) is 48.8 Å². The Kier molecular flexibility index (Phi) is 6.46. The fraction of sp³-hybridized carbons (Fsp3) is 0.269. The first-order chi connectivity index (χ1) is 17.3. The van der Waals surface area contributed by atoms with Crippen molar-refractivity contribution in [2.75, 3.05) is 31.6 Å². The third kappa shape index (κ3) is 4.95. The molecule has 2 aromatic carbocycles. The number of ether oxygens (including phenoxy) is 1. The quantitative estimate of drug-likeness (QED) is 0.430. The lowest BCUT2D eigenvalue weighted by Gasteiger charge is -2.27. The van der Waals surface area contributed by atoms with Gasteiger partial charge in [-0.2, -0.15) is 13.2 Å². The Morgan fingerprint density at radius 3 is 2.69 bits per heavy atom. The highest BCUT2D eigenvalue weighted by atomic mass is 19.4. The van der Waals surface area contributed by atoms with E-state index in [4.69, 9.17) is 4.74 Å². The number of aryl methyl sites for hydroxylation is 1. The van der Waals surface area contributed by atoms with Crippen molar-refractivity contribution in [3.63, 3.8) is 0 Å². The minimum absolute atomic E-state index is 0.0843. The van der Waals surface area contributed by atoms with Gasteiger partial charge in [0.15, 0.2) is 5.65 Å². The third-order valence-corrected chi connectivity index (χ3v) is 6.26. The number of benzene rings is 2. The highest BCUT2D eigenvalue weighted by molar-refractivity contribution is 6.05. The van der Waals surface area contributed by atoms with Crippen molar-refractivity contribution in [1.82, 2.24) is 19.3 Å². The predicted molar refractivity (Wildman–Crippen MR) is 129 cm³/mol. The molecule has 2 aromatic heterocycles. The maximum atomic E-state index is 13.9. The van der Waals surface area contributed by atoms with Crippen molar-refractivity contribution in [2.24, 2.45) is 0 Å². The fourth-order valence-corrected chi connectivity index (χ4v) is 4.34. The molecule has 1 aliphatic rings. The molecule has 1 amide bonds. The zero-order valence-corrected chi connectivity index (χ0v) is 19.5. The second-order valence-electron chi connectivity index (χ2n) is 8.69. The SMILES string of the molecule is Cc1ccc(C(=O)Nc2ccc(CN3CCOCC3)c(C(F)(F)F)c2)cc1-c1cnc2cnccn12. The van der Waals surface area contributed by atoms with Crippen LogP contribution in [-0.4, -0.2) is 51.5 Å². The molecular weight excluding hydrogens is 471 g/mol. The first-order valence-corrected chi connectivity index (χ1v) is 11.5. The summed E-state index contributed by atoms with van der Waals surface area (Å²) < 4.78 is 48.7. The van der Waals surface area contributed by atoms with E-state index in [1.54, 1.807) is 43.0 Å². The van der Waals surface area contributed by atoms with E-state index in [2.05, 4.69) is 15.3 Å². The molecule has 186 valence electrons. The van der Waals surface area contributed by atoms with Gasteiger partial charge in [0.25, 0.3) is 5.91 Å². The number of alkyl halides is 3. The second kappa shape index (κ2) is 9.71. The molecule has 10 heteroatoms. The van der Waals surface area contributed by atoms with Gasteiger partial charge in [-0.1, -0.05) is 12.1 Å². The highest BCUT2D eigenvalue weighted by Crippen LogP contribution is 2.35. The summed E-state index contributed by atoms with van der Waals surface area (Å²) in [5.41, 5.74) is 2.99. The molecule has 1 N–H and O–H groups in total. The van der Waals surface area contributed by atoms with Crippen molar-refractivity contribution in [2.45, 2.75) is 19.6 Å². The summed E-state index contributed by atoms with van der Waals surface area (Å²) in [6.07, 6.45) is 2.21. The number of hydrogen-bond donors (Lipinski definition) is 1. The van der Waals surface area contributed by atoms with E-state index in [0.29, 0.717) is 37.5 Å². The molecule has 0 spiro atoms. The van der Waals surface area contributed by atoms with Gasteiger partial charge in [-0.25, -0.2) is 4.98 Å². The lowest BCUT2D eigenvalue weighted by Crippen LogP contribution is -2.36. The number of carbonyl (C=O) groups is 1. The van der Waals surface area contributed by atoms with Crippen LogP contribution in [0.5, 0.6) is 0 Å². The van der Waals surface area contributed by atoms with Crippen LogP contribution in [0.4, 0.5) is 18.9 Å². The molecule has 1 aliphatic heterocycles. The van der Waals surface area contributed by atoms with E-state index in [9.17, 15) is 18.0 Å². The number of morpholine rings is 1. The Hall–Kier alpha value is -3.76. The van der Waals surface area contributed by atoms with Crippen LogP contribution in [0.3, 0.4) is 0 Å². The number of fused-ring (bicyclic) bond motifs is 1. The number of nitrogens with one attached hydrogen (secondary N) is 1. The molecule has 0 atom stereocenters. The van der Waals surface area contributed by atoms with Crippen LogP contribution in [0, 0.1) is 6.92 Å². The first kappa shape index (κ1) is 24.0. The van der Waals surface area contributed by atoms with E-state index in [-0.39, 0.29) is 17.8 Å². The molecule has 5 rings (SSSR count). The monoisotopic (exact) mass is 495 g/mol. The first-order valence-electron chi connectivity index (χ1n) is 11.5. The molecule has 0 unspecified atom stereocenters. The van der Waals surface area contributed by atoms with Crippen molar-refractivity contribution in [3.8, 4) is 11.3 Å². The summed E-state index contributed by atoms with van der Waals surface area (Å²) in [4.78, 5) is 23.4. The van der Waals surface area contributed by atoms with Gasteiger partial charge in [0.2, 0.25) is 0 Å². The van der Waals surface area contributed by atoms with Crippen LogP contribution in [0.25, 0.3) is 16.9 Å². The van der Waals surface area contributed by atoms with Gasteiger partial charge in [0.05, 0.1) is 36.9 Å². The molecule has 7 nitrogen and oxygen atoms in total. The molecule has 4 aromatic rings. The second-order valence-corrected chi connectivity index (χ2v) is 8.69. The zero-order valence-electron chi connectivity index (χ0n) is 19.5. The van der Waals surface area contributed by atoms with Crippen LogP contribution >= 0.6 is 0 Å². The molecular formula is C26H24F3N5O2. The van der Waals surface area contributed by atoms with Gasteiger partial charge in [-0.3, -0.25) is 19.1 Å². The number of rotatable bonds is 5. The van der Waals surface area contributed by atoms with E-state index in [1.165, 1.54) is 12.1 Å². The van der Waals surface area contributed by atoms with Crippen LogP contribution in [-0.2, 0) is 17.5 Å². The minimum Gasteiger partial charge on any atom is -0.379 e. The van der Waals surface area contributed by atoms with Crippen LogP contribution in [0.1, 0.15) is 27.0 Å². The number of amides is 1. The number of hydrogen-bond acceptors (Lipinski definition) is 5. The average Bonchev–Trinajstić information content (AvgIpc) is 3.29. The van der Waals surface area contributed by atoms with Gasteiger partial charge in [-0.15, -0.1) is 0 Å². The number of imidazole rings is 1. The summed E-state index contributed by atoms with van der Waals surface area (Å²) in [7, 11) is 0. The largest absolute Gasteiger partial charge is 0.416 e. The van der Waals surface area contributed by atoms with E-state index in [1.807, 2.05) is 16.2 Å². The number of halogens is 3. The van der Waals surface area contributed by atoms with E-state index >= 15 is 0 Å². The molecule has 3 heterocycles. The van der Waals surface area contributed by atoms with Crippen molar-refractivity contribution >= 4 is 17.2 Å². The van der Waals surface area contributed by atoms with Gasteiger partial charge in [-0.05, 0) is 42.3 Å². The number of carbonyl (C=O) groups excluding carboxylic acids is 1. The van der Waals surface area contributed by atoms with Crippen LogP contribution in [0.15, 0.2) is 61.2 Å². The maximum absolute atomic E-state index is 13.9. The van der Waals surface area contributed by atoms with Crippen molar-refractivity contribution in [1.29, 1.82) is 0 Å². The van der Waals surface area contributed by atoms with Crippen LogP contribution < -0.4 is 5.32 Å². The van der Waals surface area contributed by atoms with Crippen molar-refractivity contribution in [3.05, 3.63) is 83.4 Å². The van der Waals surface area contributed by atoms with Gasteiger partial charge < -0.3 is 10.1 Å². The lowest BCUT2D eigenvalue weighted by molar-refractivity contribution is -0.138. The Bertz CT molecular complexity index is 1410. The number of nitrogens with zero attached hydrogens (tertiary/aromatic N) is 4. The smallest absolute Gasteiger partial charge is 0.379 e. The Morgan fingerprint density at radius 2 is 1.92 bits per heavy atom. The fourth-order valence-electron chi connectivity index (χ4n) is 4.34. The Labute approximate surface area is 205 Å². The summed E-state index contributed by atoms with van der Waals surface area (Å²) in [5, 5.41) is 2.63. The van der Waals surface area contributed by atoms with E-state index < -0.39 is 17.6 Å². The molecule has 1 fully saturated rings. The number of anilines is 1. The summed E-state index contributed by atoms with van der Waals surface area (Å²) in [6, 6.07) is 9.11. The van der Waals surface area contributed by atoms with Crippen molar-refractivity contribution < 1.29 is 22.7 Å². The molecule has 0 bridgehead atoms. The summed E-state index contributed by atoms with van der Waals surface area (Å²) >= 11 is 0. The van der Waals surface area contributed by atoms with E-state index in [0.717, 1.165) is 22.9 Å². The van der Waals surface area contributed by atoms with Gasteiger partial charge in [0.1, 0.15) is 0 Å². The third-order valence-electron chi connectivity index (χ3n) is 6.26. The standard InChI is InChI=1S/C26H24F3N5O2/c1-17-2-3-18(12-21(17)23-14-31-24-15-30-6-7-34(23)24)25(35)32-20-5-4-19(22(13-20)26(27,28)29)16-33-8-10-36-11-9-33/h2-7,12-15H,8-11,16H2,1H3,(H,32,35). The normalized spacial score (nSPS) is 14.8. The molecule has 0 aliphatic carbocycles. The Balaban J connectivity index is 1.41.